The lowest BCUT2D eigenvalue weighted by atomic mass is 9.58. The zero-order valence-corrected chi connectivity index (χ0v) is 14.8. The van der Waals surface area contributed by atoms with Crippen molar-refractivity contribution in [3.05, 3.63) is 0 Å². The number of nitrogens with zero attached hydrogens (tertiary/aromatic N) is 1. The summed E-state index contributed by atoms with van der Waals surface area (Å²) in [6.45, 7) is 17.0. The molecule has 0 radical (unpaired) electrons. The monoisotopic (exact) mass is 268 g/mol. The van der Waals surface area contributed by atoms with Crippen LogP contribution in [0.4, 0.5) is 0 Å². The fourth-order valence-electron chi connectivity index (χ4n) is 2.73. The van der Waals surface area contributed by atoms with E-state index < -0.39 is 0 Å². The summed E-state index contributed by atoms with van der Waals surface area (Å²) in [5, 5.41) is 8.60. The van der Waals surface area contributed by atoms with Crippen LogP contribution in [0.5, 0.6) is 0 Å². The molecule has 0 saturated carbocycles. The minimum Gasteiger partial charge on any atom is -0.309 e. The van der Waals surface area contributed by atoms with Gasteiger partial charge in [-0.15, -0.1) is 0 Å². The van der Waals surface area contributed by atoms with Crippen LogP contribution in [0.2, 0.25) is 0 Å². The molecule has 2 heteroatoms. The van der Waals surface area contributed by atoms with Gasteiger partial charge in [-0.1, -0.05) is 48.5 Å². The predicted octanol–water partition coefficient (Wildman–Crippen LogP) is 4.84. The van der Waals surface area contributed by atoms with Gasteiger partial charge >= 0.3 is 0 Å². The summed E-state index contributed by atoms with van der Waals surface area (Å²) in [6.07, 6.45) is 3.08. The van der Waals surface area contributed by atoms with Crippen molar-refractivity contribution in [1.29, 1.82) is 5.41 Å². The third-order valence-corrected chi connectivity index (χ3v) is 4.24. The number of hydrogen-bond acceptors (Lipinski definition) is 2. The first-order valence-corrected chi connectivity index (χ1v) is 7.52. The second-order valence-electron chi connectivity index (χ2n) is 8.70. The molecule has 0 aromatic carbocycles. The fourth-order valence-corrected chi connectivity index (χ4v) is 2.73. The highest BCUT2D eigenvalue weighted by Crippen LogP contribution is 2.48. The van der Waals surface area contributed by atoms with Gasteiger partial charge in [0.15, 0.2) is 0 Å². The highest BCUT2D eigenvalue weighted by atomic mass is 15.0. The largest absolute Gasteiger partial charge is 0.309 e. The van der Waals surface area contributed by atoms with Gasteiger partial charge in [-0.05, 0) is 50.7 Å². The minimum absolute atomic E-state index is 0.0163. The molecule has 0 aliphatic rings. The van der Waals surface area contributed by atoms with Gasteiger partial charge in [0.2, 0.25) is 0 Å². The molecule has 0 heterocycles. The van der Waals surface area contributed by atoms with E-state index in [2.05, 4.69) is 67.5 Å². The maximum atomic E-state index is 8.60. The van der Waals surface area contributed by atoms with E-state index in [1.54, 1.807) is 0 Å². The third-order valence-electron chi connectivity index (χ3n) is 4.24. The van der Waals surface area contributed by atoms with Crippen molar-refractivity contribution in [2.75, 3.05) is 20.6 Å². The molecule has 0 aliphatic carbocycles. The van der Waals surface area contributed by atoms with Gasteiger partial charge in [-0.3, -0.25) is 0 Å². The molecule has 1 unspecified atom stereocenters. The van der Waals surface area contributed by atoms with E-state index in [0.29, 0.717) is 0 Å². The first-order valence-electron chi connectivity index (χ1n) is 7.52. The summed E-state index contributed by atoms with van der Waals surface area (Å²) in [5.74, 6) is 0. The van der Waals surface area contributed by atoms with Crippen molar-refractivity contribution in [3.8, 4) is 0 Å². The molecule has 0 aromatic rings. The average Bonchev–Trinajstić information content (AvgIpc) is 2.12. The summed E-state index contributed by atoms with van der Waals surface area (Å²) >= 11 is 0. The zero-order valence-electron chi connectivity index (χ0n) is 14.8. The van der Waals surface area contributed by atoms with Crippen LogP contribution >= 0.6 is 0 Å². The van der Waals surface area contributed by atoms with E-state index in [9.17, 15) is 0 Å². The Morgan fingerprint density at radius 1 is 0.947 bits per heavy atom. The van der Waals surface area contributed by atoms with Crippen molar-refractivity contribution in [3.63, 3.8) is 0 Å². The van der Waals surface area contributed by atoms with E-state index in [1.165, 1.54) is 0 Å². The normalized spacial score (nSPS) is 16.5. The molecule has 19 heavy (non-hydrogen) atoms. The van der Waals surface area contributed by atoms with E-state index in [-0.39, 0.29) is 16.2 Å². The summed E-state index contributed by atoms with van der Waals surface area (Å²) < 4.78 is 0. The van der Waals surface area contributed by atoms with Crippen LogP contribution in [0, 0.1) is 21.7 Å². The maximum Gasteiger partial charge on any atom is 0.0154 e. The summed E-state index contributed by atoms with van der Waals surface area (Å²) in [4.78, 5) is 2.20. The van der Waals surface area contributed by atoms with Crippen molar-refractivity contribution in [2.24, 2.45) is 16.2 Å². The Bertz CT molecular complexity index is 291. The van der Waals surface area contributed by atoms with Crippen LogP contribution in [-0.4, -0.2) is 31.3 Å². The van der Waals surface area contributed by atoms with Crippen LogP contribution in [0.15, 0.2) is 0 Å². The van der Waals surface area contributed by atoms with Crippen LogP contribution in [0.25, 0.3) is 0 Å². The lowest BCUT2D eigenvalue weighted by Crippen LogP contribution is -2.43. The molecular weight excluding hydrogens is 232 g/mol. The van der Waals surface area contributed by atoms with E-state index >= 15 is 0 Å². The molecule has 0 aliphatic heterocycles. The Hall–Kier alpha value is -0.370. The fraction of sp³-hybridized carbons (Fsp3) is 0.941. The Morgan fingerprint density at radius 3 is 1.74 bits per heavy atom. The molecule has 0 bridgehead atoms. The van der Waals surface area contributed by atoms with Crippen LogP contribution in [0.1, 0.15) is 67.7 Å². The number of hydrogen-bond donors (Lipinski definition) is 1. The molecular formula is C17H36N2. The molecule has 0 spiro atoms. The quantitative estimate of drug-likeness (QED) is 0.686. The molecule has 0 fully saturated rings. The van der Waals surface area contributed by atoms with Gasteiger partial charge in [0.25, 0.3) is 0 Å². The third kappa shape index (κ3) is 6.07. The molecule has 0 amide bonds. The van der Waals surface area contributed by atoms with Crippen molar-refractivity contribution >= 4 is 5.71 Å². The second-order valence-corrected chi connectivity index (χ2v) is 8.70. The van der Waals surface area contributed by atoms with Crippen molar-refractivity contribution in [2.45, 2.75) is 67.7 Å². The van der Waals surface area contributed by atoms with Gasteiger partial charge in [-0.2, -0.15) is 0 Å². The zero-order chi connectivity index (χ0) is 15.5. The number of rotatable bonds is 6. The van der Waals surface area contributed by atoms with E-state index in [0.717, 1.165) is 31.5 Å². The predicted molar refractivity (Wildman–Crippen MR) is 87.1 cm³/mol. The van der Waals surface area contributed by atoms with Gasteiger partial charge in [0.05, 0.1) is 0 Å². The van der Waals surface area contributed by atoms with E-state index in [1.807, 2.05) is 0 Å². The van der Waals surface area contributed by atoms with Gasteiger partial charge in [0.1, 0.15) is 0 Å². The standard InChI is InChI=1S/C17H36N2/c1-15(2,3)13-17(7,16(4,5)6)14(18)11-10-12-19(8)9/h18H,10-13H2,1-9H3. The van der Waals surface area contributed by atoms with Gasteiger partial charge < -0.3 is 10.3 Å². The summed E-state index contributed by atoms with van der Waals surface area (Å²) in [7, 11) is 4.20. The van der Waals surface area contributed by atoms with E-state index in [4.69, 9.17) is 5.41 Å². The lowest BCUT2D eigenvalue weighted by molar-refractivity contribution is 0.121. The highest BCUT2D eigenvalue weighted by molar-refractivity contribution is 5.87. The second kappa shape index (κ2) is 6.39. The molecule has 2 nitrogen and oxygen atoms in total. The maximum absolute atomic E-state index is 8.60. The molecule has 0 saturated heterocycles. The lowest BCUT2D eigenvalue weighted by Gasteiger charge is -2.46. The summed E-state index contributed by atoms with van der Waals surface area (Å²) in [6, 6.07) is 0. The molecule has 1 N–H and O–H groups in total. The van der Waals surface area contributed by atoms with Crippen molar-refractivity contribution < 1.29 is 0 Å². The average molecular weight is 268 g/mol. The van der Waals surface area contributed by atoms with Crippen molar-refractivity contribution in [1.82, 2.24) is 4.90 Å². The Morgan fingerprint density at radius 2 is 1.42 bits per heavy atom. The first-order chi connectivity index (χ1) is 8.29. The minimum atomic E-state index is -0.0163. The molecule has 0 aromatic heterocycles. The number of nitrogens with one attached hydrogen (secondary N) is 1. The van der Waals surface area contributed by atoms with Crippen LogP contribution in [0.3, 0.4) is 0 Å². The Labute approximate surface area is 121 Å². The molecule has 114 valence electrons. The highest BCUT2D eigenvalue weighted by Gasteiger charge is 2.43. The van der Waals surface area contributed by atoms with Gasteiger partial charge in [-0.25, -0.2) is 0 Å². The Balaban J connectivity index is 4.91. The molecule has 0 rings (SSSR count). The SMILES string of the molecule is CN(C)CCCC(=N)C(C)(CC(C)(C)C)C(C)(C)C. The van der Waals surface area contributed by atoms with Gasteiger partial charge in [0, 0.05) is 11.1 Å². The summed E-state index contributed by atoms with van der Waals surface area (Å²) in [5.41, 5.74) is 1.31. The smallest absolute Gasteiger partial charge is 0.0154 e. The topological polar surface area (TPSA) is 27.1 Å². The van der Waals surface area contributed by atoms with Crippen LogP contribution in [-0.2, 0) is 0 Å². The molecule has 1 atom stereocenters. The first kappa shape index (κ1) is 18.6. The van der Waals surface area contributed by atoms with Crippen LogP contribution < -0.4 is 0 Å². The Kier molecular flexibility index (Phi) is 6.26.